The monoisotopic (exact) mass is 469 g/mol. The Bertz CT molecular complexity index is 1080. The normalized spacial score (nSPS) is 12.8. The molecule has 2 rings (SSSR count). The summed E-state index contributed by atoms with van der Waals surface area (Å²) in [7, 11) is 0. The molecule has 0 unspecified atom stereocenters. The van der Waals surface area contributed by atoms with Gasteiger partial charge in [-0.05, 0) is 59.2 Å². The van der Waals surface area contributed by atoms with Gasteiger partial charge in [-0.25, -0.2) is 14.2 Å². The molecule has 34 heavy (non-hydrogen) atoms. The second-order valence-electron chi connectivity index (χ2n) is 9.06. The number of nitriles is 1. The third-order valence-electron chi connectivity index (χ3n) is 4.90. The van der Waals surface area contributed by atoms with Gasteiger partial charge in [0.15, 0.2) is 23.2 Å². The first kappa shape index (κ1) is 26.6. The van der Waals surface area contributed by atoms with E-state index >= 15 is 0 Å². The molecular weight excluding hydrogens is 437 g/mol. The number of carbonyl (C=O) groups excluding carboxylic acids is 2. The number of Topliss-reactive ketones (excluding diaryl/α,β-unsaturated/α-hetero) is 1. The lowest BCUT2D eigenvalue weighted by atomic mass is 10.0. The first-order valence-electron chi connectivity index (χ1n) is 11.2. The van der Waals surface area contributed by atoms with Gasteiger partial charge in [0.1, 0.15) is 11.7 Å². The number of hydrogen-bond donors (Lipinski definition) is 3. The summed E-state index contributed by atoms with van der Waals surface area (Å²) in [6.45, 7) is 10.6. The maximum Gasteiger partial charge on any atom is 0.407 e. The molecular formula is C25H32FN5O3. The topological polar surface area (TPSA) is 116 Å². The van der Waals surface area contributed by atoms with E-state index in [1.807, 2.05) is 13.0 Å². The molecule has 0 aliphatic heterocycles. The smallest absolute Gasteiger partial charge is 0.407 e. The van der Waals surface area contributed by atoms with Crippen molar-refractivity contribution >= 4 is 29.2 Å². The number of anilines is 3. The van der Waals surface area contributed by atoms with Crippen molar-refractivity contribution < 1.29 is 18.7 Å². The van der Waals surface area contributed by atoms with Crippen LogP contribution in [0, 0.1) is 17.1 Å². The summed E-state index contributed by atoms with van der Waals surface area (Å²) in [4.78, 5) is 28.2. The quantitative estimate of drug-likeness (QED) is 0.413. The van der Waals surface area contributed by atoms with E-state index in [1.165, 1.54) is 6.92 Å². The summed E-state index contributed by atoms with van der Waals surface area (Å²) in [5.74, 6) is -0.701. The van der Waals surface area contributed by atoms with E-state index in [4.69, 9.17) is 4.74 Å². The molecule has 1 heterocycles. The number of halogens is 1. The number of carbonyl (C=O) groups is 2. The molecule has 0 saturated carbocycles. The van der Waals surface area contributed by atoms with Crippen molar-refractivity contribution in [1.29, 1.82) is 5.26 Å². The first-order chi connectivity index (χ1) is 15.9. The average molecular weight is 470 g/mol. The molecule has 0 fully saturated rings. The molecule has 1 amide bonds. The number of rotatable bonds is 9. The minimum atomic E-state index is -0.690. The van der Waals surface area contributed by atoms with Crippen molar-refractivity contribution in [3.8, 4) is 6.07 Å². The summed E-state index contributed by atoms with van der Waals surface area (Å²) in [6, 6.07) is 9.03. The molecule has 3 N–H and O–H groups in total. The third kappa shape index (κ3) is 7.73. The minimum absolute atomic E-state index is 0.0169. The van der Waals surface area contributed by atoms with Gasteiger partial charge in [-0.1, -0.05) is 25.5 Å². The summed E-state index contributed by atoms with van der Waals surface area (Å²) in [5, 5.41) is 18.3. The maximum absolute atomic E-state index is 14.8. The van der Waals surface area contributed by atoms with Crippen LogP contribution in [0.3, 0.4) is 0 Å². The van der Waals surface area contributed by atoms with Gasteiger partial charge in [0, 0.05) is 23.3 Å². The lowest BCUT2D eigenvalue weighted by molar-refractivity contribution is 0.0502. The molecule has 0 radical (unpaired) electrons. The van der Waals surface area contributed by atoms with E-state index in [1.54, 1.807) is 52.0 Å². The number of nitrogens with zero attached hydrogens (tertiary/aromatic N) is 2. The number of ketones is 1. The first-order valence-corrected chi connectivity index (χ1v) is 11.2. The van der Waals surface area contributed by atoms with Crippen molar-refractivity contribution in [2.24, 2.45) is 0 Å². The van der Waals surface area contributed by atoms with E-state index in [9.17, 15) is 19.2 Å². The number of alkyl carbamates (subject to hydrolysis) is 1. The average Bonchev–Trinajstić information content (AvgIpc) is 2.74. The third-order valence-corrected chi connectivity index (χ3v) is 4.90. The summed E-state index contributed by atoms with van der Waals surface area (Å²) < 4.78 is 20.1. The van der Waals surface area contributed by atoms with E-state index in [0.29, 0.717) is 17.7 Å². The Hall–Kier alpha value is -3.67. The predicted molar refractivity (Wildman–Crippen MR) is 130 cm³/mol. The molecule has 8 nitrogen and oxygen atoms in total. The second kappa shape index (κ2) is 11.5. The number of amides is 1. The molecule has 0 aliphatic rings. The van der Waals surface area contributed by atoms with Gasteiger partial charge >= 0.3 is 6.09 Å². The summed E-state index contributed by atoms with van der Waals surface area (Å²) in [6.07, 6.45) is 0.837. The number of nitrogens with one attached hydrogen (secondary N) is 3. The van der Waals surface area contributed by atoms with Gasteiger partial charge in [-0.3, -0.25) is 4.79 Å². The minimum Gasteiger partial charge on any atom is -0.444 e. The van der Waals surface area contributed by atoms with E-state index < -0.39 is 23.6 Å². The maximum atomic E-state index is 14.8. The highest BCUT2D eigenvalue weighted by molar-refractivity contribution is 5.95. The van der Waals surface area contributed by atoms with Crippen LogP contribution in [0.5, 0.6) is 0 Å². The molecule has 9 heteroatoms. The van der Waals surface area contributed by atoms with E-state index in [2.05, 4.69) is 20.9 Å². The van der Waals surface area contributed by atoms with Gasteiger partial charge < -0.3 is 20.7 Å². The van der Waals surface area contributed by atoms with Crippen molar-refractivity contribution in [3.63, 3.8) is 0 Å². The molecule has 2 atom stereocenters. The van der Waals surface area contributed by atoms with Crippen LogP contribution in [-0.4, -0.2) is 34.5 Å². The van der Waals surface area contributed by atoms with Crippen LogP contribution in [0.2, 0.25) is 0 Å². The van der Waals surface area contributed by atoms with Gasteiger partial charge in [0.2, 0.25) is 0 Å². The van der Waals surface area contributed by atoms with Crippen molar-refractivity contribution in [2.45, 2.75) is 72.1 Å². The standard InChI is InChI=1S/C25H32FN5O3/c1-7-9-21(15(2)28-24(33)34-25(4,5)6)30-23-20(26)13-18(14-27)22(31-23)29-19-11-8-10-17(12-19)16(3)32/h8,10-13,15,21H,7,9H2,1-6H3,(H,28,33)(H2,29,30,31)/t15-,21+/m0/s1. The highest BCUT2D eigenvalue weighted by Crippen LogP contribution is 2.25. The highest BCUT2D eigenvalue weighted by atomic mass is 19.1. The predicted octanol–water partition coefficient (Wildman–Crippen LogP) is 5.53. The number of aromatic nitrogens is 1. The molecule has 0 spiro atoms. The van der Waals surface area contributed by atoms with Crippen LogP contribution in [0.1, 0.15) is 70.3 Å². The lowest BCUT2D eigenvalue weighted by Gasteiger charge is -2.28. The Morgan fingerprint density at radius 2 is 1.94 bits per heavy atom. The Labute approximate surface area is 199 Å². The molecule has 1 aromatic carbocycles. The van der Waals surface area contributed by atoms with Gasteiger partial charge in [0.25, 0.3) is 0 Å². The zero-order valence-electron chi connectivity index (χ0n) is 20.5. The largest absolute Gasteiger partial charge is 0.444 e. The Morgan fingerprint density at radius 1 is 1.24 bits per heavy atom. The van der Waals surface area contributed by atoms with Crippen LogP contribution in [0.25, 0.3) is 0 Å². The van der Waals surface area contributed by atoms with E-state index in [0.717, 1.165) is 12.5 Å². The Kier molecular flexibility index (Phi) is 8.96. The van der Waals surface area contributed by atoms with Crippen LogP contribution in [-0.2, 0) is 4.74 Å². The molecule has 182 valence electrons. The molecule has 0 saturated heterocycles. The van der Waals surface area contributed by atoms with E-state index in [-0.39, 0.29) is 29.0 Å². The fourth-order valence-corrected chi connectivity index (χ4v) is 3.25. The van der Waals surface area contributed by atoms with Crippen molar-refractivity contribution in [1.82, 2.24) is 10.3 Å². The Balaban J connectivity index is 2.29. The van der Waals surface area contributed by atoms with Crippen molar-refractivity contribution in [2.75, 3.05) is 10.6 Å². The fraction of sp³-hybridized carbons (Fsp3) is 0.440. The van der Waals surface area contributed by atoms with Crippen LogP contribution >= 0.6 is 0 Å². The van der Waals surface area contributed by atoms with Crippen LogP contribution in [0.4, 0.5) is 26.5 Å². The molecule has 0 bridgehead atoms. The number of pyridine rings is 1. The zero-order valence-corrected chi connectivity index (χ0v) is 20.5. The highest BCUT2D eigenvalue weighted by Gasteiger charge is 2.24. The Morgan fingerprint density at radius 3 is 2.53 bits per heavy atom. The summed E-state index contributed by atoms with van der Waals surface area (Å²) >= 11 is 0. The SMILES string of the molecule is CCC[C@@H](Nc1nc(Nc2cccc(C(C)=O)c2)c(C#N)cc1F)[C@H](C)NC(=O)OC(C)(C)C. The number of benzene rings is 1. The summed E-state index contributed by atoms with van der Waals surface area (Å²) in [5.41, 5.74) is 0.412. The zero-order chi connectivity index (χ0) is 25.5. The molecule has 1 aromatic heterocycles. The van der Waals surface area contributed by atoms with Crippen LogP contribution < -0.4 is 16.0 Å². The van der Waals surface area contributed by atoms with Gasteiger partial charge in [-0.15, -0.1) is 0 Å². The lowest BCUT2D eigenvalue weighted by Crippen LogP contribution is -2.46. The van der Waals surface area contributed by atoms with Crippen LogP contribution in [0.15, 0.2) is 30.3 Å². The fourth-order valence-electron chi connectivity index (χ4n) is 3.25. The number of hydrogen-bond acceptors (Lipinski definition) is 7. The number of ether oxygens (including phenoxy) is 1. The van der Waals surface area contributed by atoms with Crippen molar-refractivity contribution in [3.05, 3.63) is 47.3 Å². The van der Waals surface area contributed by atoms with Gasteiger partial charge in [-0.2, -0.15) is 5.26 Å². The molecule has 0 aliphatic carbocycles. The van der Waals surface area contributed by atoms with Gasteiger partial charge in [0.05, 0.1) is 5.56 Å². The second-order valence-corrected chi connectivity index (χ2v) is 9.06. The molecule has 2 aromatic rings.